The van der Waals surface area contributed by atoms with Gasteiger partial charge in [0.25, 0.3) is 5.91 Å². The molecule has 1 aromatic carbocycles. The molecule has 1 N–H and O–H groups in total. The summed E-state index contributed by atoms with van der Waals surface area (Å²) in [5.41, 5.74) is -2.45. The van der Waals surface area contributed by atoms with Crippen molar-refractivity contribution in [3.8, 4) is 0 Å². The van der Waals surface area contributed by atoms with Crippen LogP contribution < -0.4 is 5.32 Å². The quantitative estimate of drug-likeness (QED) is 0.670. The smallest absolute Gasteiger partial charge is 0.319 e. The molecule has 3 amide bonds. The van der Waals surface area contributed by atoms with E-state index in [9.17, 15) is 23.2 Å². The van der Waals surface area contributed by atoms with Gasteiger partial charge in [0.05, 0.1) is 17.0 Å². The SMILES string of the molecule is Cc1ccc(C(=O)CN2C(=O)N[C@@](C)(c3c(F)cccc3F)C2=O)s1. The molecule has 25 heavy (non-hydrogen) atoms. The monoisotopic (exact) mass is 364 g/mol. The van der Waals surface area contributed by atoms with Crippen molar-refractivity contribution in [1.82, 2.24) is 10.2 Å². The van der Waals surface area contributed by atoms with Gasteiger partial charge in [-0.15, -0.1) is 11.3 Å². The molecule has 1 saturated heterocycles. The van der Waals surface area contributed by atoms with Gasteiger partial charge in [-0.1, -0.05) is 6.07 Å². The molecule has 1 fully saturated rings. The zero-order valence-electron chi connectivity index (χ0n) is 13.4. The number of thiophene rings is 1. The van der Waals surface area contributed by atoms with Gasteiger partial charge in [0.2, 0.25) is 0 Å². The number of ketones is 1. The lowest BCUT2D eigenvalue weighted by atomic mass is 9.91. The van der Waals surface area contributed by atoms with E-state index >= 15 is 0 Å². The van der Waals surface area contributed by atoms with Crippen molar-refractivity contribution < 1.29 is 23.2 Å². The van der Waals surface area contributed by atoms with E-state index in [0.29, 0.717) is 9.78 Å². The number of aryl methyl sites for hydroxylation is 1. The average Bonchev–Trinajstić information content (AvgIpc) is 3.05. The predicted molar refractivity (Wildman–Crippen MR) is 87.3 cm³/mol. The molecule has 0 spiro atoms. The van der Waals surface area contributed by atoms with Crippen LogP contribution in [0, 0.1) is 18.6 Å². The van der Waals surface area contributed by atoms with E-state index in [2.05, 4.69) is 5.32 Å². The van der Waals surface area contributed by atoms with E-state index in [1.165, 1.54) is 24.3 Å². The number of nitrogens with zero attached hydrogens (tertiary/aromatic N) is 1. The number of urea groups is 1. The van der Waals surface area contributed by atoms with Crippen LogP contribution in [0.2, 0.25) is 0 Å². The topological polar surface area (TPSA) is 66.5 Å². The van der Waals surface area contributed by atoms with Crippen LogP contribution in [-0.4, -0.2) is 29.2 Å². The third kappa shape index (κ3) is 2.82. The Labute approximate surface area is 146 Å². The normalized spacial score (nSPS) is 20.1. The summed E-state index contributed by atoms with van der Waals surface area (Å²) in [6, 6.07) is 5.67. The molecule has 1 aromatic heterocycles. The van der Waals surface area contributed by atoms with Crippen LogP contribution in [0.1, 0.15) is 27.0 Å². The van der Waals surface area contributed by atoms with Crippen LogP contribution in [-0.2, 0) is 10.3 Å². The lowest BCUT2D eigenvalue weighted by Gasteiger charge is -2.23. The molecule has 0 aliphatic carbocycles. The number of amides is 3. The van der Waals surface area contributed by atoms with Crippen molar-refractivity contribution in [2.45, 2.75) is 19.4 Å². The van der Waals surface area contributed by atoms with Crippen molar-refractivity contribution in [1.29, 1.82) is 0 Å². The summed E-state index contributed by atoms with van der Waals surface area (Å²) < 4.78 is 28.2. The number of Topliss-reactive ketones (excluding diaryl/α,β-unsaturated/α-hetero) is 1. The second kappa shape index (κ2) is 6.03. The fraction of sp³-hybridized carbons (Fsp3) is 0.235. The molecule has 3 rings (SSSR count). The first kappa shape index (κ1) is 17.2. The Balaban J connectivity index is 1.91. The molecule has 2 aromatic rings. The summed E-state index contributed by atoms with van der Waals surface area (Å²) in [4.78, 5) is 39.1. The Morgan fingerprint density at radius 3 is 2.40 bits per heavy atom. The van der Waals surface area contributed by atoms with E-state index in [-0.39, 0.29) is 0 Å². The van der Waals surface area contributed by atoms with Gasteiger partial charge in [0.15, 0.2) is 5.78 Å². The summed E-state index contributed by atoms with van der Waals surface area (Å²) >= 11 is 1.24. The largest absolute Gasteiger partial charge is 0.325 e. The highest BCUT2D eigenvalue weighted by atomic mass is 32.1. The predicted octanol–water partition coefficient (Wildman–Crippen LogP) is 2.98. The van der Waals surface area contributed by atoms with Crippen molar-refractivity contribution >= 4 is 29.1 Å². The van der Waals surface area contributed by atoms with Crippen LogP contribution in [0.15, 0.2) is 30.3 Å². The third-order valence-electron chi connectivity index (χ3n) is 4.05. The number of halogens is 2. The first-order valence-electron chi connectivity index (χ1n) is 7.42. The number of hydrogen-bond donors (Lipinski definition) is 1. The minimum Gasteiger partial charge on any atom is -0.319 e. The van der Waals surface area contributed by atoms with Gasteiger partial charge in [0, 0.05) is 4.88 Å². The van der Waals surface area contributed by atoms with Crippen molar-refractivity contribution in [2.24, 2.45) is 0 Å². The Bertz CT molecular complexity index is 876. The molecule has 1 atom stereocenters. The van der Waals surface area contributed by atoms with Gasteiger partial charge < -0.3 is 5.32 Å². The molecular formula is C17H14F2N2O3S. The molecule has 0 bridgehead atoms. The fourth-order valence-corrected chi connectivity index (χ4v) is 3.59. The second-order valence-corrected chi connectivity index (χ2v) is 7.16. The minimum atomic E-state index is -1.90. The van der Waals surface area contributed by atoms with Crippen LogP contribution in [0.5, 0.6) is 0 Å². The van der Waals surface area contributed by atoms with Crippen LogP contribution in [0.4, 0.5) is 13.6 Å². The zero-order valence-corrected chi connectivity index (χ0v) is 14.2. The first-order valence-corrected chi connectivity index (χ1v) is 8.24. The van der Waals surface area contributed by atoms with Gasteiger partial charge in [-0.3, -0.25) is 14.5 Å². The average molecular weight is 364 g/mol. The lowest BCUT2D eigenvalue weighted by molar-refractivity contribution is -0.130. The number of hydrogen-bond acceptors (Lipinski definition) is 4. The van der Waals surface area contributed by atoms with E-state index in [1.807, 2.05) is 6.92 Å². The first-order chi connectivity index (χ1) is 11.7. The van der Waals surface area contributed by atoms with Gasteiger partial charge in [-0.2, -0.15) is 0 Å². The van der Waals surface area contributed by atoms with E-state index < -0.39 is 47.0 Å². The highest BCUT2D eigenvalue weighted by molar-refractivity contribution is 7.14. The standard InChI is InChI=1S/C17H14F2N2O3S/c1-9-6-7-13(25-9)12(22)8-21-15(23)17(2,20-16(21)24)14-10(18)4-3-5-11(14)19/h3-7H,8H2,1-2H3,(H,20,24)/t17-/m0/s1. The molecule has 0 saturated carbocycles. The Morgan fingerprint density at radius 1 is 1.20 bits per heavy atom. The molecule has 0 unspecified atom stereocenters. The van der Waals surface area contributed by atoms with Crippen LogP contribution >= 0.6 is 11.3 Å². The fourth-order valence-electron chi connectivity index (χ4n) is 2.79. The van der Waals surface area contributed by atoms with Crippen LogP contribution in [0.3, 0.4) is 0 Å². The summed E-state index contributed by atoms with van der Waals surface area (Å²) in [6.07, 6.45) is 0. The highest BCUT2D eigenvalue weighted by Crippen LogP contribution is 2.32. The minimum absolute atomic E-state index is 0.406. The summed E-state index contributed by atoms with van der Waals surface area (Å²) in [5.74, 6) is -3.18. The number of rotatable bonds is 4. The van der Waals surface area contributed by atoms with Gasteiger partial charge in [0.1, 0.15) is 17.2 Å². The number of carbonyl (C=O) groups excluding carboxylic acids is 3. The Hall–Kier alpha value is -2.61. The molecule has 2 heterocycles. The molecule has 5 nitrogen and oxygen atoms in total. The second-order valence-electron chi connectivity index (χ2n) is 5.88. The number of imide groups is 1. The van der Waals surface area contributed by atoms with E-state index in [4.69, 9.17) is 0 Å². The zero-order chi connectivity index (χ0) is 18.4. The van der Waals surface area contributed by atoms with Gasteiger partial charge >= 0.3 is 6.03 Å². The molecular weight excluding hydrogens is 350 g/mol. The van der Waals surface area contributed by atoms with Gasteiger partial charge in [-0.25, -0.2) is 13.6 Å². The highest BCUT2D eigenvalue weighted by Gasteiger charge is 2.52. The molecule has 1 aliphatic rings. The summed E-state index contributed by atoms with van der Waals surface area (Å²) in [5, 5.41) is 2.30. The number of carbonyl (C=O) groups is 3. The van der Waals surface area contributed by atoms with E-state index in [1.54, 1.807) is 12.1 Å². The summed E-state index contributed by atoms with van der Waals surface area (Å²) in [7, 11) is 0. The van der Waals surface area contributed by atoms with Gasteiger partial charge in [-0.05, 0) is 38.1 Å². The van der Waals surface area contributed by atoms with Crippen molar-refractivity contribution in [3.63, 3.8) is 0 Å². The Morgan fingerprint density at radius 2 is 1.84 bits per heavy atom. The van der Waals surface area contributed by atoms with Crippen LogP contribution in [0.25, 0.3) is 0 Å². The maximum atomic E-state index is 14.1. The molecule has 0 radical (unpaired) electrons. The van der Waals surface area contributed by atoms with Crippen molar-refractivity contribution in [2.75, 3.05) is 6.54 Å². The maximum absolute atomic E-state index is 14.1. The third-order valence-corrected chi connectivity index (χ3v) is 5.10. The lowest BCUT2D eigenvalue weighted by Crippen LogP contribution is -2.43. The number of nitrogens with one attached hydrogen (secondary N) is 1. The Kier molecular flexibility index (Phi) is 4.16. The molecule has 130 valence electrons. The molecule has 8 heteroatoms. The summed E-state index contributed by atoms with van der Waals surface area (Å²) in [6.45, 7) is 2.55. The van der Waals surface area contributed by atoms with E-state index in [0.717, 1.165) is 17.0 Å². The van der Waals surface area contributed by atoms with Crippen molar-refractivity contribution in [3.05, 3.63) is 57.3 Å². The molecule has 1 aliphatic heterocycles. The number of benzene rings is 1. The maximum Gasteiger partial charge on any atom is 0.325 e.